The number of furan rings is 1. The molecule has 3 aromatic rings. The maximum atomic E-state index is 13.0. The summed E-state index contributed by atoms with van der Waals surface area (Å²) in [5, 5.41) is 4.30. The first-order valence-electron chi connectivity index (χ1n) is 6.60. The molecule has 0 fully saturated rings. The molecule has 0 spiro atoms. The zero-order valence-corrected chi connectivity index (χ0v) is 11.5. The fraction of sp³-hybridized carbons (Fsp3) is 0.176. The Balaban J connectivity index is 2.04. The maximum absolute atomic E-state index is 13.0. The molecule has 2 aromatic carbocycles. The molecule has 0 aliphatic heterocycles. The Kier molecular flexibility index (Phi) is 3.28. The third kappa shape index (κ3) is 2.32. The number of nitrogens with one attached hydrogen (secondary N) is 1. The van der Waals surface area contributed by atoms with Gasteiger partial charge in [-0.3, -0.25) is 0 Å². The van der Waals surface area contributed by atoms with E-state index >= 15 is 0 Å². The Morgan fingerprint density at radius 3 is 2.50 bits per heavy atom. The number of hydrogen-bond donors (Lipinski definition) is 1. The normalized spacial score (nSPS) is 12.8. The molecule has 0 saturated carbocycles. The highest BCUT2D eigenvalue weighted by Crippen LogP contribution is 2.28. The van der Waals surface area contributed by atoms with Gasteiger partial charge in [0.1, 0.15) is 17.2 Å². The number of aryl methyl sites for hydroxylation is 1. The highest BCUT2D eigenvalue weighted by Gasteiger charge is 2.16. The van der Waals surface area contributed by atoms with Crippen molar-refractivity contribution in [3.8, 4) is 0 Å². The SMILES string of the molecule is CNC(c1ccc(F)cc1)c1cc2cc(C)ccc2o1. The van der Waals surface area contributed by atoms with Crippen molar-refractivity contribution in [2.75, 3.05) is 7.05 Å². The molecule has 3 rings (SSSR count). The highest BCUT2D eigenvalue weighted by molar-refractivity contribution is 5.78. The minimum Gasteiger partial charge on any atom is -0.459 e. The molecule has 1 aromatic heterocycles. The van der Waals surface area contributed by atoms with Crippen LogP contribution < -0.4 is 5.32 Å². The van der Waals surface area contributed by atoms with Gasteiger partial charge in [-0.05, 0) is 49.9 Å². The molecule has 3 heteroatoms. The quantitative estimate of drug-likeness (QED) is 0.771. The summed E-state index contributed by atoms with van der Waals surface area (Å²) in [5.41, 5.74) is 3.05. The Morgan fingerprint density at radius 2 is 1.80 bits per heavy atom. The first-order valence-corrected chi connectivity index (χ1v) is 6.60. The van der Waals surface area contributed by atoms with Gasteiger partial charge in [-0.25, -0.2) is 4.39 Å². The minimum absolute atomic E-state index is 0.0803. The topological polar surface area (TPSA) is 25.2 Å². The predicted molar refractivity (Wildman–Crippen MR) is 78.3 cm³/mol. The molecule has 20 heavy (non-hydrogen) atoms. The Labute approximate surface area is 117 Å². The fourth-order valence-electron chi connectivity index (χ4n) is 2.45. The molecule has 1 heterocycles. The summed E-state index contributed by atoms with van der Waals surface area (Å²) in [5.74, 6) is 0.601. The second-order valence-corrected chi connectivity index (χ2v) is 4.96. The summed E-state index contributed by atoms with van der Waals surface area (Å²) in [6.07, 6.45) is 0. The lowest BCUT2D eigenvalue weighted by Gasteiger charge is -2.13. The van der Waals surface area contributed by atoms with Crippen LogP contribution in [-0.2, 0) is 0 Å². The summed E-state index contributed by atoms with van der Waals surface area (Å²) in [7, 11) is 1.87. The van der Waals surface area contributed by atoms with Crippen LogP contribution in [0.1, 0.15) is 22.9 Å². The van der Waals surface area contributed by atoms with Crippen LogP contribution in [0, 0.1) is 12.7 Å². The third-order valence-corrected chi connectivity index (χ3v) is 3.47. The summed E-state index contributed by atoms with van der Waals surface area (Å²) in [6, 6.07) is 14.5. The van der Waals surface area contributed by atoms with Gasteiger partial charge in [-0.2, -0.15) is 0 Å². The molecule has 1 atom stereocenters. The van der Waals surface area contributed by atoms with E-state index in [4.69, 9.17) is 4.42 Å². The standard InChI is InChI=1S/C17H16FNO/c1-11-3-8-15-13(9-11)10-16(20-15)17(19-2)12-4-6-14(18)7-5-12/h3-10,17,19H,1-2H3. The van der Waals surface area contributed by atoms with Crippen LogP contribution in [0.5, 0.6) is 0 Å². The Bertz CT molecular complexity index is 730. The van der Waals surface area contributed by atoms with Gasteiger partial charge in [0.05, 0.1) is 6.04 Å². The zero-order chi connectivity index (χ0) is 14.1. The maximum Gasteiger partial charge on any atom is 0.134 e. The van der Waals surface area contributed by atoms with Gasteiger partial charge < -0.3 is 9.73 Å². The van der Waals surface area contributed by atoms with Gasteiger partial charge in [0.15, 0.2) is 0 Å². The molecular weight excluding hydrogens is 253 g/mol. The van der Waals surface area contributed by atoms with Gasteiger partial charge >= 0.3 is 0 Å². The molecule has 2 nitrogen and oxygen atoms in total. The molecule has 0 aliphatic rings. The van der Waals surface area contributed by atoms with Crippen molar-refractivity contribution in [3.63, 3.8) is 0 Å². The second kappa shape index (κ2) is 5.10. The first kappa shape index (κ1) is 12.9. The van der Waals surface area contributed by atoms with Gasteiger partial charge in [0.2, 0.25) is 0 Å². The van der Waals surface area contributed by atoms with Crippen LogP contribution in [-0.4, -0.2) is 7.05 Å². The molecule has 1 N–H and O–H groups in total. The third-order valence-electron chi connectivity index (χ3n) is 3.47. The van der Waals surface area contributed by atoms with Crippen molar-refractivity contribution in [1.82, 2.24) is 5.32 Å². The van der Waals surface area contributed by atoms with E-state index in [0.29, 0.717) is 0 Å². The van der Waals surface area contributed by atoms with Crippen molar-refractivity contribution >= 4 is 11.0 Å². The Morgan fingerprint density at radius 1 is 1.05 bits per heavy atom. The van der Waals surface area contributed by atoms with E-state index in [1.54, 1.807) is 12.1 Å². The van der Waals surface area contributed by atoms with Crippen molar-refractivity contribution in [2.45, 2.75) is 13.0 Å². The Hall–Kier alpha value is -2.13. The van der Waals surface area contributed by atoms with E-state index < -0.39 is 0 Å². The molecule has 0 radical (unpaired) electrons. The van der Waals surface area contributed by atoms with Gasteiger partial charge in [-0.15, -0.1) is 0 Å². The van der Waals surface area contributed by atoms with Gasteiger partial charge in [-0.1, -0.05) is 23.8 Å². The number of hydrogen-bond acceptors (Lipinski definition) is 2. The molecule has 0 aliphatic carbocycles. The van der Waals surface area contributed by atoms with Crippen LogP contribution in [0.25, 0.3) is 11.0 Å². The van der Waals surface area contributed by atoms with Crippen molar-refractivity contribution < 1.29 is 8.81 Å². The molecular formula is C17H16FNO. The number of halogens is 1. The van der Waals surface area contributed by atoms with Crippen molar-refractivity contribution in [1.29, 1.82) is 0 Å². The second-order valence-electron chi connectivity index (χ2n) is 4.96. The lowest BCUT2D eigenvalue weighted by molar-refractivity contribution is 0.491. The van der Waals surface area contributed by atoms with Crippen molar-refractivity contribution in [2.24, 2.45) is 0 Å². The smallest absolute Gasteiger partial charge is 0.134 e. The van der Waals surface area contributed by atoms with Crippen molar-refractivity contribution in [3.05, 3.63) is 71.2 Å². The monoisotopic (exact) mass is 269 g/mol. The largest absolute Gasteiger partial charge is 0.459 e. The first-order chi connectivity index (χ1) is 9.67. The summed E-state index contributed by atoms with van der Waals surface area (Å²) in [6.45, 7) is 2.06. The van der Waals surface area contributed by atoms with Gasteiger partial charge in [0.25, 0.3) is 0 Å². The average Bonchev–Trinajstić information content (AvgIpc) is 2.84. The van der Waals surface area contributed by atoms with Crippen LogP contribution in [0.3, 0.4) is 0 Å². The van der Waals surface area contributed by atoms with E-state index in [9.17, 15) is 4.39 Å². The van der Waals surface area contributed by atoms with E-state index in [0.717, 1.165) is 22.3 Å². The summed E-state index contributed by atoms with van der Waals surface area (Å²) in [4.78, 5) is 0. The molecule has 0 saturated heterocycles. The van der Waals surface area contributed by atoms with E-state index in [1.807, 2.05) is 25.2 Å². The van der Waals surface area contributed by atoms with E-state index in [-0.39, 0.29) is 11.9 Å². The lowest BCUT2D eigenvalue weighted by atomic mass is 10.0. The van der Waals surface area contributed by atoms with Crippen LogP contribution >= 0.6 is 0 Å². The number of benzene rings is 2. The number of fused-ring (bicyclic) bond motifs is 1. The van der Waals surface area contributed by atoms with E-state index in [1.165, 1.54) is 17.7 Å². The highest BCUT2D eigenvalue weighted by atomic mass is 19.1. The number of rotatable bonds is 3. The molecule has 0 bridgehead atoms. The van der Waals surface area contributed by atoms with Crippen LogP contribution in [0.4, 0.5) is 4.39 Å². The average molecular weight is 269 g/mol. The molecule has 0 amide bonds. The predicted octanol–water partition coefficient (Wildman–Crippen LogP) is 4.19. The summed E-state index contributed by atoms with van der Waals surface area (Å²) < 4.78 is 18.9. The van der Waals surface area contributed by atoms with Crippen LogP contribution in [0.15, 0.2) is 52.9 Å². The lowest BCUT2D eigenvalue weighted by Crippen LogP contribution is -2.16. The minimum atomic E-state index is -0.233. The summed E-state index contributed by atoms with van der Waals surface area (Å²) >= 11 is 0. The molecule has 102 valence electrons. The van der Waals surface area contributed by atoms with E-state index in [2.05, 4.69) is 18.3 Å². The molecule has 1 unspecified atom stereocenters. The van der Waals surface area contributed by atoms with Crippen LogP contribution in [0.2, 0.25) is 0 Å². The fourth-order valence-corrected chi connectivity index (χ4v) is 2.45. The van der Waals surface area contributed by atoms with Gasteiger partial charge in [0, 0.05) is 5.39 Å². The zero-order valence-electron chi connectivity index (χ0n) is 11.5.